The lowest BCUT2D eigenvalue weighted by molar-refractivity contribution is -0.137. The average molecular weight is 573 g/mol. The molecule has 0 bridgehead atoms. The molecule has 14 heteroatoms. The van der Waals surface area contributed by atoms with Crippen LogP contribution >= 0.6 is 11.6 Å². The van der Waals surface area contributed by atoms with Gasteiger partial charge >= 0.3 is 12.2 Å². The van der Waals surface area contributed by atoms with Crippen molar-refractivity contribution in [3.8, 4) is 11.3 Å². The quantitative estimate of drug-likeness (QED) is 0.158. The van der Waals surface area contributed by atoms with Gasteiger partial charge in [0, 0.05) is 23.0 Å². The van der Waals surface area contributed by atoms with E-state index in [0.717, 1.165) is 24.3 Å². The number of benzene rings is 3. The number of aromatic amines is 1. The Morgan fingerprint density at radius 2 is 1.73 bits per heavy atom. The zero-order valence-electron chi connectivity index (χ0n) is 19.8. The minimum Gasteiger partial charge on any atom is -0.308 e. The van der Waals surface area contributed by atoms with Crippen LogP contribution in [0.5, 0.6) is 0 Å². The number of fused-ring (bicyclic) bond motifs is 1. The van der Waals surface area contributed by atoms with Crippen molar-refractivity contribution in [2.24, 2.45) is 0 Å². The van der Waals surface area contributed by atoms with Crippen molar-refractivity contribution in [2.45, 2.75) is 6.18 Å². The van der Waals surface area contributed by atoms with Gasteiger partial charge in [-0.05, 0) is 48.5 Å². The SMILES string of the molecule is O=C(Nc1ccc(Cl)c(C(F)(F)F)c1)Nc1ccc(F)c(C(=O)c2ccc3ncc(-c4cn[nH]c4)nc3c2)c1F. The molecule has 0 unspecified atom stereocenters. The van der Waals surface area contributed by atoms with Gasteiger partial charge in [0.25, 0.3) is 0 Å². The maximum Gasteiger partial charge on any atom is 0.417 e. The van der Waals surface area contributed by atoms with E-state index in [2.05, 4.69) is 30.8 Å². The van der Waals surface area contributed by atoms with Crippen LogP contribution in [-0.4, -0.2) is 32.0 Å². The number of carbonyl (C=O) groups excluding carboxylic acids is 2. The van der Waals surface area contributed by atoms with Crippen LogP contribution < -0.4 is 10.6 Å². The van der Waals surface area contributed by atoms with E-state index in [9.17, 15) is 27.2 Å². The molecule has 202 valence electrons. The van der Waals surface area contributed by atoms with Crippen LogP contribution in [0.15, 0.2) is 67.1 Å². The van der Waals surface area contributed by atoms with Crippen molar-refractivity contribution < 1.29 is 31.5 Å². The lowest BCUT2D eigenvalue weighted by atomic mass is 10.0. The van der Waals surface area contributed by atoms with E-state index in [1.165, 1.54) is 30.6 Å². The summed E-state index contributed by atoms with van der Waals surface area (Å²) in [6.07, 6.45) is -0.167. The highest BCUT2D eigenvalue weighted by atomic mass is 35.5. The van der Waals surface area contributed by atoms with Crippen molar-refractivity contribution in [1.29, 1.82) is 0 Å². The van der Waals surface area contributed by atoms with E-state index in [0.29, 0.717) is 22.8 Å². The Kier molecular flexibility index (Phi) is 6.90. The van der Waals surface area contributed by atoms with E-state index in [-0.39, 0.29) is 16.8 Å². The fraction of sp³-hybridized carbons (Fsp3) is 0.0385. The second-order valence-electron chi connectivity index (χ2n) is 8.33. The van der Waals surface area contributed by atoms with Gasteiger partial charge in [0.05, 0.1) is 51.0 Å². The monoisotopic (exact) mass is 572 g/mol. The van der Waals surface area contributed by atoms with Crippen molar-refractivity contribution >= 4 is 45.8 Å². The number of H-pyrrole nitrogens is 1. The Bertz CT molecular complexity index is 1780. The molecule has 40 heavy (non-hydrogen) atoms. The minimum atomic E-state index is -4.78. The number of alkyl halides is 3. The lowest BCUT2D eigenvalue weighted by Gasteiger charge is -2.13. The summed E-state index contributed by atoms with van der Waals surface area (Å²) in [5, 5.41) is 10.1. The summed E-state index contributed by atoms with van der Waals surface area (Å²) in [4.78, 5) is 34.2. The second kappa shape index (κ2) is 10.3. The van der Waals surface area contributed by atoms with Gasteiger partial charge in [0.15, 0.2) is 11.6 Å². The molecule has 2 aromatic heterocycles. The normalized spacial score (nSPS) is 11.4. The number of amides is 2. The standard InChI is InChI=1S/C26H14ClF5N6O2/c27-16-3-2-14(8-15(16)26(30,31)32)36-25(40)38-19-6-4-17(28)22(23(19)29)24(39)12-1-5-18-20(7-12)37-21(11-33-18)13-9-34-35-10-13/h1-11H,(H,34,35)(H2,36,38,40). The Hall–Kier alpha value is -4.91. The predicted molar refractivity (Wildman–Crippen MR) is 136 cm³/mol. The third kappa shape index (κ3) is 5.31. The highest BCUT2D eigenvalue weighted by molar-refractivity contribution is 6.31. The largest absolute Gasteiger partial charge is 0.417 e. The molecule has 0 saturated carbocycles. The number of rotatable bonds is 5. The van der Waals surface area contributed by atoms with Gasteiger partial charge in [0.1, 0.15) is 5.82 Å². The molecule has 8 nitrogen and oxygen atoms in total. The van der Waals surface area contributed by atoms with E-state index < -0.39 is 51.5 Å². The van der Waals surface area contributed by atoms with Gasteiger partial charge < -0.3 is 10.6 Å². The number of hydrogen-bond donors (Lipinski definition) is 3. The fourth-order valence-electron chi connectivity index (χ4n) is 3.79. The first-order valence-electron chi connectivity index (χ1n) is 11.2. The van der Waals surface area contributed by atoms with Crippen LogP contribution in [-0.2, 0) is 6.18 Å². The third-order valence-electron chi connectivity index (χ3n) is 5.69. The first-order chi connectivity index (χ1) is 19.0. The molecule has 0 aliphatic carbocycles. The molecule has 3 aromatic carbocycles. The molecule has 0 fully saturated rings. The number of ketones is 1. The van der Waals surface area contributed by atoms with Gasteiger partial charge in [-0.25, -0.2) is 18.6 Å². The van der Waals surface area contributed by atoms with Crippen LogP contribution in [0.3, 0.4) is 0 Å². The highest BCUT2D eigenvalue weighted by Crippen LogP contribution is 2.36. The molecular weight excluding hydrogens is 559 g/mol. The van der Waals surface area contributed by atoms with Crippen LogP contribution in [0.4, 0.5) is 38.1 Å². The summed E-state index contributed by atoms with van der Waals surface area (Å²) in [5.74, 6) is -3.62. The number of nitrogens with zero attached hydrogens (tertiary/aromatic N) is 3. The van der Waals surface area contributed by atoms with Gasteiger partial charge in [-0.2, -0.15) is 18.3 Å². The summed E-state index contributed by atoms with van der Waals surface area (Å²) < 4.78 is 69.2. The van der Waals surface area contributed by atoms with E-state index in [1.54, 1.807) is 6.20 Å². The molecule has 0 atom stereocenters. The molecule has 2 heterocycles. The zero-order chi connectivity index (χ0) is 28.6. The Morgan fingerprint density at radius 3 is 2.45 bits per heavy atom. The van der Waals surface area contributed by atoms with Crippen LogP contribution in [0.25, 0.3) is 22.3 Å². The Morgan fingerprint density at radius 1 is 0.925 bits per heavy atom. The Balaban J connectivity index is 1.41. The molecule has 2 amide bonds. The number of urea groups is 1. The van der Waals surface area contributed by atoms with Gasteiger partial charge in [-0.1, -0.05) is 11.6 Å². The van der Waals surface area contributed by atoms with Gasteiger partial charge in [-0.15, -0.1) is 0 Å². The first-order valence-corrected chi connectivity index (χ1v) is 11.6. The Labute approximate surface area is 226 Å². The molecule has 3 N–H and O–H groups in total. The third-order valence-corrected chi connectivity index (χ3v) is 6.02. The number of nitrogens with one attached hydrogen (secondary N) is 3. The van der Waals surface area contributed by atoms with Crippen molar-refractivity contribution in [2.75, 3.05) is 10.6 Å². The molecule has 0 aliphatic rings. The summed E-state index contributed by atoms with van der Waals surface area (Å²) >= 11 is 5.57. The number of halogens is 6. The molecule has 0 saturated heterocycles. The van der Waals surface area contributed by atoms with Crippen molar-refractivity contribution in [3.05, 3.63) is 100 Å². The van der Waals surface area contributed by atoms with Crippen LogP contribution in [0.1, 0.15) is 21.5 Å². The fourth-order valence-corrected chi connectivity index (χ4v) is 4.01. The smallest absolute Gasteiger partial charge is 0.308 e. The topological polar surface area (TPSA) is 113 Å². The summed E-state index contributed by atoms with van der Waals surface area (Å²) in [7, 11) is 0. The maximum absolute atomic E-state index is 15.3. The van der Waals surface area contributed by atoms with E-state index >= 15 is 4.39 Å². The number of anilines is 2. The minimum absolute atomic E-state index is 0.105. The zero-order valence-corrected chi connectivity index (χ0v) is 20.5. The molecule has 0 spiro atoms. The number of hydrogen-bond acceptors (Lipinski definition) is 5. The summed E-state index contributed by atoms with van der Waals surface area (Å²) in [5.41, 5.74) is -1.35. The van der Waals surface area contributed by atoms with E-state index in [4.69, 9.17) is 11.6 Å². The van der Waals surface area contributed by atoms with Gasteiger partial charge in [-0.3, -0.25) is 14.9 Å². The molecule has 0 radical (unpaired) electrons. The van der Waals surface area contributed by atoms with Crippen LogP contribution in [0, 0.1) is 11.6 Å². The molecule has 5 aromatic rings. The van der Waals surface area contributed by atoms with Gasteiger partial charge in [0.2, 0.25) is 0 Å². The highest BCUT2D eigenvalue weighted by Gasteiger charge is 2.33. The first kappa shape index (κ1) is 26.7. The van der Waals surface area contributed by atoms with Crippen molar-refractivity contribution in [3.63, 3.8) is 0 Å². The summed E-state index contributed by atoms with van der Waals surface area (Å²) in [6, 6.07) is 7.22. The van der Waals surface area contributed by atoms with Crippen molar-refractivity contribution in [1.82, 2.24) is 20.2 Å². The lowest BCUT2D eigenvalue weighted by Crippen LogP contribution is -2.21. The number of carbonyl (C=O) groups is 2. The predicted octanol–water partition coefficient (Wildman–Crippen LogP) is 6.85. The average Bonchev–Trinajstić information content (AvgIpc) is 3.45. The molecule has 0 aliphatic heterocycles. The number of aromatic nitrogens is 4. The molecule has 5 rings (SSSR count). The second-order valence-corrected chi connectivity index (χ2v) is 8.74. The maximum atomic E-state index is 15.3. The summed E-state index contributed by atoms with van der Waals surface area (Å²) in [6.45, 7) is 0. The van der Waals surface area contributed by atoms with Crippen LogP contribution in [0.2, 0.25) is 5.02 Å². The molecular formula is C26H14ClF5N6O2. The van der Waals surface area contributed by atoms with E-state index in [1.807, 2.05) is 0 Å².